The molecule has 27 heavy (non-hydrogen) atoms. The summed E-state index contributed by atoms with van der Waals surface area (Å²) in [6.45, 7) is 3.46. The summed E-state index contributed by atoms with van der Waals surface area (Å²) >= 11 is 1.75. The third-order valence-electron chi connectivity index (χ3n) is 5.84. The first-order valence-electron chi connectivity index (χ1n) is 9.74. The lowest BCUT2D eigenvalue weighted by atomic mass is 9.93. The van der Waals surface area contributed by atoms with Crippen LogP contribution in [0.1, 0.15) is 24.0 Å². The van der Waals surface area contributed by atoms with Gasteiger partial charge in [-0.15, -0.1) is 0 Å². The molecule has 0 bridgehead atoms. The van der Waals surface area contributed by atoms with Crippen molar-refractivity contribution in [2.24, 2.45) is 5.92 Å². The van der Waals surface area contributed by atoms with E-state index in [1.807, 2.05) is 6.07 Å². The van der Waals surface area contributed by atoms with E-state index >= 15 is 0 Å². The fraction of sp³-hybridized carbons (Fsp3) is 0.364. The largest absolute Gasteiger partial charge is 0.348 e. The smallest absolute Gasteiger partial charge is 0.226 e. The lowest BCUT2D eigenvalue weighted by Crippen LogP contribution is -2.44. The Bertz CT molecular complexity index is 941. The van der Waals surface area contributed by atoms with Crippen LogP contribution in [0.5, 0.6) is 0 Å². The number of thiazole rings is 1. The van der Waals surface area contributed by atoms with E-state index in [0.29, 0.717) is 5.91 Å². The molecular formula is C22H23N3OS. The number of carbonyl (C=O) groups excluding carboxylic acids is 1. The number of fused-ring (bicyclic) bond motifs is 2. The van der Waals surface area contributed by atoms with Gasteiger partial charge < -0.3 is 9.80 Å². The summed E-state index contributed by atoms with van der Waals surface area (Å²) in [6, 6.07) is 16.8. The van der Waals surface area contributed by atoms with Crippen molar-refractivity contribution < 1.29 is 4.79 Å². The quantitative estimate of drug-likeness (QED) is 0.675. The Morgan fingerprint density at radius 1 is 0.963 bits per heavy atom. The molecule has 4 nitrogen and oxygen atoms in total. The van der Waals surface area contributed by atoms with Crippen molar-refractivity contribution in [3.63, 3.8) is 0 Å². The maximum Gasteiger partial charge on any atom is 0.226 e. The number of carbonyl (C=O) groups is 1. The highest BCUT2D eigenvalue weighted by molar-refractivity contribution is 7.22. The van der Waals surface area contributed by atoms with Gasteiger partial charge in [-0.3, -0.25) is 4.79 Å². The number of para-hydroxylation sites is 1. The summed E-state index contributed by atoms with van der Waals surface area (Å²) in [4.78, 5) is 22.2. The first-order valence-corrected chi connectivity index (χ1v) is 10.6. The highest BCUT2D eigenvalue weighted by Crippen LogP contribution is 2.32. The van der Waals surface area contributed by atoms with E-state index in [9.17, 15) is 4.79 Å². The first-order chi connectivity index (χ1) is 13.3. The molecule has 5 rings (SSSR count). The molecule has 2 aliphatic rings. The Balaban J connectivity index is 1.23. The lowest BCUT2D eigenvalue weighted by molar-refractivity contribution is -0.137. The van der Waals surface area contributed by atoms with Crippen molar-refractivity contribution in [2.45, 2.75) is 25.8 Å². The lowest BCUT2D eigenvalue weighted by Gasteiger charge is -2.36. The van der Waals surface area contributed by atoms with Crippen molar-refractivity contribution in [2.75, 3.05) is 24.5 Å². The van der Waals surface area contributed by atoms with E-state index in [0.717, 1.165) is 56.1 Å². The SMILES string of the molecule is O=C(C1CCN(c2nc3ccccc3s2)CC1)N1CCc2ccccc2C1. The average molecular weight is 378 g/mol. The molecule has 0 N–H and O–H groups in total. The molecule has 0 radical (unpaired) electrons. The van der Waals surface area contributed by atoms with E-state index in [1.54, 1.807) is 11.3 Å². The summed E-state index contributed by atoms with van der Waals surface area (Å²) in [5.41, 5.74) is 3.78. The minimum Gasteiger partial charge on any atom is -0.348 e. The molecule has 2 aromatic carbocycles. The van der Waals surface area contributed by atoms with E-state index in [4.69, 9.17) is 4.98 Å². The van der Waals surface area contributed by atoms with Gasteiger partial charge in [-0.25, -0.2) is 4.98 Å². The molecule has 1 fully saturated rings. The number of aromatic nitrogens is 1. The van der Waals surface area contributed by atoms with Crippen molar-refractivity contribution >= 4 is 32.6 Å². The molecule has 1 aromatic heterocycles. The summed E-state index contributed by atoms with van der Waals surface area (Å²) < 4.78 is 1.23. The number of hydrogen-bond donors (Lipinski definition) is 0. The van der Waals surface area contributed by atoms with Crippen LogP contribution in [0.25, 0.3) is 10.2 Å². The zero-order valence-corrected chi connectivity index (χ0v) is 16.1. The third kappa shape index (κ3) is 3.21. The Labute approximate surface area is 163 Å². The monoisotopic (exact) mass is 377 g/mol. The van der Waals surface area contributed by atoms with Gasteiger partial charge >= 0.3 is 0 Å². The molecule has 3 heterocycles. The maximum atomic E-state index is 13.0. The molecule has 2 aliphatic heterocycles. The van der Waals surface area contributed by atoms with E-state index in [1.165, 1.54) is 15.8 Å². The van der Waals surface area contributed by atoms with Crippen molar-refractivity contribution in [1.29, 1.82) is 0 Å². The minimum atomic E-state index is 0.154. The predicted octanol–water partition coefficient (Wildman–Crippen LogP) is 4.10. The molecule has 1 saturated heterocycles. The van der Waals surface area contributed by atoms with Crippen molar-refractivity contribution in [1.82, 2.24) is 9.88 Å². The second kappa shape index (κ2) is 6.97. The van der Waals surface area contributed by atoms with Gasteiger partial charge in [0.05, 0.1) is 10.2 Å². The van der Waals surface area contributed by atoms with Gasteiger partial charge in [0.25, 0.3) is 0 Å². The van der Waals surface area contributed by atoms with Crippen LogP contribution in [0.2, 0.25) is 0 Å². The van der Waals surface area contributed by atoms with E-state index < -0.39 is 0 Å². The Hall–Kier alpha value is -2.40. The second-order valence-corrected chi connectivity index (χ2v) is 8.51. The fourth-order valence-electron chi connectivity index (χ4n) is 4.26. The average Bonchev–Trinajstić information content (AvgIpc) is 3.17. The zero-order valence-electron chi connectivity index (χ0n) is 15.3. The summed E-state index contributed by atoms with van der Waals surface area (Å²) in [6.07, 6.45) is 2.83. The van der Waals surface area contributed by atoms with Gasteiger partial charge in [0.15, 0.2) is 5.13 Å². The van der Waals surface area contributed by atoms with Crippen LogP contribution in [0.4, 0.5) is 5.13 Å². The summed E-state index contributed by atoms with van der Waals surface area (Å²) in [7, 11) is 0. The number of anilines is 1. The van der Waals surface area contributed by atoms with Gasteiger partial charge in [0, 0.05) is 32.1 Å². The number of piperidine rings is 1. The van der Waals surface area contributed by atoms with Crippen molar-refractivity contribution in [3.8, 4) is 0 Å². The van der Waals surface area contributed by atoms with Crippen LogP contribution >= 0.6 is 11.3 Å². The molecule has 3 aromatic rings. The zero-order chi connectivity index (χ0) is 18.2. The highest BCUT2D eigenvalue weighted by atomic mass is 32.1. The topological polar surface area (TPSA) is 36.4 Å². The number of benzene rings is 2. The van der Waals surface area contributed by atoms with Gasteiger partial charge in [-0.1, -0.05) is 47.7 Å². The van der Waals surface area contributed by atoms with Crippen LogP contribution in [0.3, 0.4) is 0 Å². The van der Waals surface area contributed by atoms with Gasteiger partial charge in [-0.2, -0.15) is 0 Å². The minimum absolute atomic E-state index is 0.154. The third-order valence-corrected chi connectivity index (χ3v) is 6.94. The standard InChI is InChI=1S/C22H23N3OS/c26-21(25-14-9-16-5-1-2-6-18(16)15-25)17-10-12-24(13-11-17)22-23-19-7-3-4-8-20(19)27-22/h1-8,17H,9-15H2. The molecule has 0 spiro atoms. The summed E-state index contributed by atoms with van der Waals surface area (Å²) in [5.74, 6) is 0.495. The summed E-state index contributed by atoms with van der Waals surface area (Å²) in [5, 5.41) is 1.09. The van der Waals surface area contributed by atoms with E-state index in [-0.39, 0.29) is 5.92 Å². The second-order valence-electron chi connectivity index (χ2n) is 7.50. The molecular weight excluding hydrogens is 354 g/mol. The predicted molar refractivity (Wildman–Crippen MR) is 110 cm³/mol. The van der Waals surface area contributed by atoms with E-state index in [2.05, 4.69) is 52.3 Å². The molecule has 1 amide bonds. The van der Waals surface area contributed by atoms with Crippen LogP contribution < -0.4 is 4.90 Å². The van der Waals surface area contributed by atoms with Crippen LogP contribution in [0.15, 0.2) is 48.5 Å². The number of hydrogen-bond acceptors (Lipinski definition) is 4. The molecule has 0 aliphatic carbocycles. The fourth-order valence-corrected chi connectivity index (χ4v) is 5.27. The Morgan fingerprint density at radius 3 is 2.52 bits per heavy atom. The molecule has 5 heteroatoms. The Kier molecular flexibility index (Phi) is 4.32. The number of rotatable bonds is 2. The van der Waals surface area contributed by atoms with Crippen molar-refractivity contribution in [3.05, 3.63) is 59.7 Å². The Morgan fingerprint density at radius 2 is 1.70 bits per heavy atom. The normalized spacial score (nSPS) is 17.9. The van der Waals surface area contributed by atoms with Gasteiger partial charge in [-0.05, 0) is 42.5 Å². The van der Waals surface area contributed by atoms with Crippen LogP contribution in [0, 0.1) is 5.92 Å². The molecule has 138 valence electrons. The molecule has 0 atom stereocenters. The van der Waals surface area contributed by atoms with Crippen LogP contribution in [-0.2, 0) is 17.8 Å². The highest BCUT2D eigenvalue weighted by Gasteiger charge is 2.31. The number of amides is 1. The number of nitrogens with zero attached hydrogens (tertiary/aromatic N) is 3. The molecule has 0 unspecified atom stereocenters. The van der Waals surface area contributed by atoms with Gasteiger partial charge in [0.2, 0.25) is 5.91 Å². The van der Waals surface area contributed by atoms with Crippen LogP contribution in [-0.4, -0.2) is 35.4 Å². The molecule has 0 saturated carbocycles. The van der Waals surface area contributed by atoms with Gasteiger partial charge in [0.1, 0.15) is 0 Å². The maximum absolute atomic E-state index is 13.0. The first kappa shape index (κ1) is 16.8.